The minimum absolute atomic E-state index is 0.203. The molecule has 0 saturated carbocycles. The molecular formula is C17H17BrN2O2. The van der Waals surface area contributed by atoms with Gasteiger partial charge in [0.15, 0.2) is 0 Å². The molecule has 0 aliphatic rings. The highest BCUT2D eigenvalue weighted by molar-refractivity contribution is 9.10. The van der Waals surface area contributed by atoms with Gasteiger partial charge in [0.05, 0.1) is 5.69 Å². The molecule has 114 valence electrons. The molecular weight excluding hydrogens is 344 g/mol. The van der Waals surface area contributed by atoms with E-state index < -0.39 is 0 Å². The van der Waals surface area contributed by atoms with E-state index >= 15 is 0 Å². The Hall–Kier alpha value is -2.14. The Labute approximate surface area is 138 Å². The van der Waals surface area contributed by atoms with Crippen molar-refractivity contribution in [2.45, 2.75) is 13.3 Å². The van der Waals surface area contributed by atoms with Gasteiger partial charge in [-0.3, -0.25) is 9.59 Å². The van der Waals surface area contributed by atoms with Crippen LogP contribution in [0.5, 0.6) is 0 Å². The molecule has 5 heteroatoms. The van der Waals surface area contributed by atoms with E-state index in [1.807, 2.05) is 55.5 Å². The Balaban J connectivity index is 1.98. The summed E-state index contributed by atoms with van der Waals surface area (Å²) in [4.78, 5) is 25.6. The molecule has 4 nitrogen and oxygen atoms in total. The van der Waals surface area contributed by atoms with Crippen LogP contribution in [0.1, 0.15) is 12.0 Å². The first kappa shape index (κ1) is 16.2. The lowest BCUT2D eigenvalue weighted by molar-refractivity contribution is -0.125. The predicted octanol–water partition coefficient (Wildman–Crippen LogP) is 3.75. The van der Waals surface area contributed by atoms with Crippen molar-refractivity contribution in [2.24, 2.45) is 0 Å². The third-order valence-electron chi connectivity index (χ3n) is 3.23. The number of halogens is 1. The third-order valence-corrected chi connectivity index (χ3v) is 3.88. The molecule has 2 amide bonds. The van der Waals surface area contributed by atoms with Gasteiger partial charge in [0.1, 0.15) is 6.42 Å². The Kier molecular flexibility index (Phi) is 5.33. The van der Waals surface area contributed by atoms with E-state index in [-0.39, 0.29) is 18.2 Å². The Morgan fingerprint density at radius 2 is 1.82 bits per heavy atom. The van der Waals surface area contributed by atoms with Crippen molar-refractivity contribution in [2.75, 3.05) is 17.3 Å². The van der Waals surface area contributed by atoms with Gasteiger partial charge in [0, 0.05) is 17.2 Å². The number of rotatable bonds is 4. The molecule has 2 aromatic rings. The van der Waals surface area contributed by atoms with E-state index in [1.54, 1.807) is 7.05 Å². The van der Waals surface area contributed by atoms with Crippen molar-refractivity contribution in [3.63, 3.8) is 0 Å². The molecule has 0 heterocycles. The van der Waals surface area contributed by atoms with Crippen molar-refractivity contribution >= 4 is 39.1 Å². The van der Waals surface area contributed by atoms with Crippen LogP contribution in [0.25, 0.3) is 0 Å². The highest BCUT2D eigenvalue weighted by atomic mass is 79.9. The number of hydrogen-bond donors (Lipinski definition) is 1. The maximum absolute atomic E-state index is 12.1. The fourth-order valence-corrected chi connectivity index (χ4v) is 2.56. The van der Waals surface area contributed by atoms with Gasteiger partial charge in [-0.15, -0.1) is 0 Å². The van der Waals surface area contributed by atoms with Gasteiger partial charge in [0.2, 0.25) is 11.8 Å². The van der Waals surface area contributed by atoms with E-state index in [4.69, 9.17) is 0 Å². The number of nitrogens with zero attached hydrogens (tertiary/aromatic N) is 1. The van der Waals surface area contributed by atoms with Crippen LogP contribution in [-0.2, 0) is 9.59 Å². The van der Waals surface area contributed by atoms with E-state index in [9.17, 15) is 9.59 Å². The molecule has 1 N–H and O–H groups in total. The van der Waals surface area contributed by atoms with Crippen molar-refractivity contribution in [3.8, 4) is 0 Å². The topological polar surface area (TPSA) is 49.4 Å². The maximum atomic E-state index is 12.1. The Morgan fingerprint density at radius 3 is 2.45 bits per heavy atom. The molecule has 22 heavy (non-hydrogen) atoms. The summed E-state index contributed by atoms with van der Waals surface area (Å²) in [7, 11) is 1.66. The number of nitrogens with one attached hydrogen (secondary N) is 1. The predicted molar refractivity (Wildman–Crippen MR) is 92.0 cm³/mol. The van der Waals surface area contributed by atoms with E-state index in [2.05, 4.69) is 21.2 Å². The van der Waals surface area contributed by atoms with Crippen LogP contribution in [0.3, 0.4) is 0 Å². The SMILES string of the molecule is Cc1ccc(NC(=O)CC(=O)N(C)c2ccccc2)c(Br)c1. The van der Waals surface area contributed by atoms with Crippen LogP contribution in [0, 0.1) is 6.92 Å². The van der Waals surface area contributed by atoms with Crippen LogP contribution in [-0.4, -0.2) is 18.9 Å². The number of carbonyl (C=O) groups is 2. The first-order valence-corrected chi connectivity index (χ1v) is 7.64. The Bertz CT molecular complexity index is 686. The zero-order valence-electron chi connectivity index (χ0n) is 12.5. The van der Waals surface area contributed by atoms with Crippen molar-refractivity contribution in [1.29, 1.82) is 0 Å². The zero-order valence-corrected chi connectivity index (χ0v) is 14.1. The summed E-state index contributed by atoms with van der Waals surface area (Å²) in [6, 6.07) is 14.8. The molecule has 0 radical (unpaired) electrons. The summed E-state index contributed by atoms with van der Waals surface area (Å²) < 4.78 is 0.796. The maximum Gasteiger partial charge on any atom is 0.236 e. The molecule has 2 rings (SSSR count). The molecule has 0 saturated heterocycles. The first-order chi connectivity index (χ1) is 10.5. The molecule has 0 bridgehead atoms. The molecule has 0 spiro atoms. The summed E-state index contributed by atoms with van der Waals surface area (Å²) in [5, 5.41) is 2.74. The lowest BCUT2D eigenvalue weighted by Gasteiger charge is -2.17. The quantitative estimate of drug-likeness (QED) is 0.844. The largest absolute Gasteiger partial charge is 0.325 e. The molecule has 2 aromatic carbocycles. The van der Waals surface area contributed by atoms with Gasteiger partial charge in [-0.2, -0.15) is 0 Å². The Morgan fingerprint density at radius 1 is 1.14 bits per heavy atom. The number of carbonyl (C=O) groups excluding carboxylic acids is 2. The van der Waals surface area contributed by atoms with Crippen LogP contribution in [0.15, 0.2) is 53.0 Å². The number of anilines is 2. The minimum Gasteiger partial charge on any atom is -0.325 e. The second-order valence-electron chi connectivity index (χ2n) is 5.00. The van der Waals surface area contributed by atoms with Gasteiger partial charge in [-0.25, -0.2) is 0 Å². The number of aryl methyl sites for hydroxylation is 1. The third kappa shape index (κ3) is 4.18. The van der Waals surface area contributed by atoms with E-state index in [0.717, 1.165) is 15.7 Å². The fraction of sp³-hybridized carbons (Fsp3) is 0.176. The molecule has 0 unspecified atom stereocenters. The van der Waals surface area contributed by atoms with Crippen molar-refractivity contribution in [1.82, 2.24) is 0 Å². The first-order valence-electron chi connectivity index (χ1n) is 6.85. The second kappa shape index (κ2) is 7.22. The normalized spacial score (nSPS) is 10.1. The van der Waals surface area contributed by atoms with Crippen molar-refractivity contribution in [3.05, 3.63) is 58.6 Å². The van der Waals surface area contributed by atoms with Gasteiger partial charge in [0.25, 0.3) is 0 Å². The van der Waals surface area contributed by atoms with Crippen LogP contribution >= 0.6 is 15.9 Å². The second-order valence-corrected chi connectivity index (χ2v) is 5.85. The van der Waals surface area contributed by atoms with Gasteiger partial charge in [-0.1, -0.05) is 24.3 Å². The fourth-order valence-electron chi connectivity index (χ4n) is 1.97. The summed E-state index contributed by atoms with van der Waals surface area (Å²) in [5.74, 6) is -0.593. The van der Waals surface area contributed by atoms with Gasteiger partial charge in [-0.05, 0) is 52.7 Å². The highest BCUT2D eigenvalue weighted by Crippen LogP contribution is 2.23. The van der Waals surface area contributed by atoms with Gasteiger partial charge < -0.3 is 10.2 Å². The number of hydrogen-bond acceptors (Lipinski definition) is 2. The standard InChI is InChI=1S/C17H17BrN2O2/c1-12-8-9-15(14(18)10-12)19-16(21)11-17(22)20(2)13-6-4-3-5-7-13/h3-10H,11H2,1-2H3,(H,19,21). The lowest BCUT2D eigenvalue weighted by Crippen LogP contribution is -2.30. The van der Waals surface area contributed by atoms with Crippen LogP contribution in [0.2, 0.25) is 0 Å². The summed E-state index contributed by atoms with van der Waals surface area (Å²) in [6.07, 6.45) is -0.203. The van der Waals surface area contributed by atoms with E-state index in [0.29, 0.717) is 5.69 Å². The highest BCUT2D eigenvalue weighted by Gasteiger charge is 2.16. The summed E-state index contributed by atoms with van der Waals surface area (Å²) in [6.45, 7) is 1.97. The summed E-state index contributed by atoms with van der Waals surface area (Å²) in [5.41, 5.74) is 2.51. The lowest BCUT2D eigenvalue weighted by atomic mass is 10.2. The van der Waals surface area contributed by atoms with Gasteiger partial charge >= 0.3 is 0 Å². The molecule has 0 fully saturated rings. The average molecular weight is 361 g/mol. The molecule has 0 aliphatic heterocycles. The van der Waals surface area contributed by atoms with Crippen LogP contribution < -0.4 is 10.2 Å². The molecule has 0 atom stereocenters. The molecule has 0 aliphatic carbocycles. The van der Waals surface area contributed by atoms with Crippen LogP contribution in [0.4, 0.5) is 11.4 Å². The zero-order chi connectivity index (χ0) is 16.1. The average Bonchev–Trinajstić information content (AvgIpc) is 2.50. The number of para-hydroxylation sites is 1. The number of amides is 2. The monoisotopic (exact) mass is 360 g/mol. The molecule has 0 aromatic heterocycles. The van der Waals surface area contributed by atoms with E-state index in [1.165, 1.54) is 4.90 Å². The summed E-state index contributed by atoms with van der Waals surface area (Å²) >= 11 is 3.40. The minimum atomic E-state index is -0.336. The van der Waals surface area contributed by atoms with Crippen molar-refractivity contribution < 1.29 is 9.59 Å². The smallest absolute Gasteiger partial charge is 0.236 e. The number of benzene rings is 2.